The minimum Gasteiger partial charge on any atom is -0.478 e. The molecule has 94 valence electrons. The summed E-state index contributed by atoms with van der Waals surface area (Å²) in [5, 5.41) is 12.3. The molecule has 1 aromatic carbocycles. The van der Waals surface area contributed by atoms with Crippen LogP contribution in [0.15, 0.2) is 34.9 Å². The second-order valence-electron chi connectivity index (χ2n) is 3.66. The Labute approximate surface area is 108 Å². The van der Waals surface area contributed by atoms with Crippen molar-refractivity contribution in [1.82, 2.24) is 0 Å². The van der Waals surface area contributed by atoms with Gasteiger partial charge in [-0.2, -0.15) is 0 Å². The molecule has 0 unspecified atom stereocenters. The first-order chi connectivity index (χ1) is 8.58. The van der Waals surface area contributed by atoms with E-state index in [1.165, 1.54) is 12.1 Å². The van der Waals surface area contributed by atoms with Gasteiger partial charge in [0.05, 0.1) is 29.1 Å². The van der Waals surface area contributed by atoms with Gasteiger partial charge in [-0.25, -0.2) is 4.79 Å². The minimum atomic E-state index is -1.09. The van der Waals surface area contributed by atoms with Gasteiger partial charge < -0.3 is 20.6 Å². The number of nitrogens with two attached hydrogens (primary N) is 1. The molecule has 0 radical (unpaired) electrons. The molecule has 0 saturated heterocycles. The van der Waals surface area contributed by atoms with Crippen LogP contribution in [0.4, 0.5) is 11.4 Å². The fourth-order valence-corrected chi connectivity index (χ4v) is 1.86. The predicted molar refractivity (Wildman–Crippen MR) is 68.9 cm³/mol. The lowest BCUT2D eigenvalue weighted by atomic mass is 10.1. The maximum atomic E-state index is 11.1. The Bertz CT molecular complexity index is 567. The topological polar surface area (TPSA) is 88.5 Å². The Morgan fingerprint density at radius 3 is 2.89 bits per heavy atom. The maximum Gasteiger partial charge on any atom is 0.337 e. The van der Waals surface area contributed by atoms with Gasteiger partial charge in [-0.3, -0.25) is 0 Å². The number of hydrogen-bond donors (Lipinski definition) is 3. The van der Waals surface area contributed by atoms with E-state index in [4.69, 9.17) is 26.9 Å². The van der Waals surface area contributed by atoms with E-state index >= 15 is 0 Å². The summed E-state index contributed by atoms with van der Waals surface area (Å²) in [6.07, 6.45) is 1.54. The summed E-state index contributed by atoms with van der Waals surface area (Å²) in [5.74, 6) is -0.412. The van der Waals surface area contributed by atoms with Crippen molar-refractivity contribution in [3.8, 4) is 0 Å². The number of carboxylic acid groups (broad SMARTS) is 1. The largest absolute Gasteiger partial charge is 0.478 e. The van der Waals surface area contributed by atoms with Crippen LogP contribution in [0, 0.1) is 0 Å². The van der Waals surface area contributed by atoms with E-state index in [9.17, 15) is 4.79 Å². The average molecular weight is 267 g/mol. The Balaban J connectivity index is 2.28. The first kappa shape index (κ1) is 12.3. The zero-order valence-electron chi connectivity index (χ0n) is 9.31. The van der Waals surface area contributed by atoms with Crippen LogP contribution in [0.5, 0.6) is 0 Å². The number of aromatic carboxylic acids is 1. The summed E-state index contributed by atoms with van der Waals surface area (Å²) in [4.78, 5) is 11.1. The van der Waals surface area contributed by atoms with Gasteiger partial charge in [0.2, 0.25) is 0 Å². The second kappa shape index (κ2) is 5.01. The van der Waals surface area contributed by atoms with Crippen LogP contribution in [-0.2, 0) is 6.54 Å². The number of nitrogens with one attached hydrogen (secondary N) is 1. The number of benzene rings is 1. The van der Waals surface area contributed by atoms with E-state index in [0.717, 1.165) is 0 Å². The monoisotopic (exact) mass is 266 g/mol. The molecule has 0 aliphatic rings. The summed E-state index contributed by atoms with van der Waals surface area (Å²) in [7, 11) is 0. The fraction of sp³-hybridized carbons (Fsp3) is 0.0833. The molecular weight excluding hydrogens is 256 g/mol. The smallest absolute Gasteiger partial charge is 0.337 e. The first-order valence-corrected chi connectivity index (χ1v) is 5.54. The molecule has 2 aromatic rings. The van der Waals surface area contributed by atoms with Crippen molar-refractivity contribution in [1.29, 1.82) is 0 Å². The van der Waals surface area contributed by atoms with Crippen molar-refractivity contribution in [2.75, 3.05) is 11.1 Å². The van der Waals surface area contributed by atoms with Crippen LogP contribution < -0.4 is 11.1 Å². The van der Waals surface area contributed by atoms with Crippen molar-refractivity contribution in [3.05, 3.63) is 46.9 Å². The average Bonchev–Trinajstić information content (AvgIpc) is 2.79. The molecule has 0 aliphatic carbocycles. The lowest BCUT2D eigenvalue weighted by Crippen LogP contribution is -2.07. The summed E-state index contributed by atoms with van der Waals surface area (Å²) in [6, 6.07) is 6.38. The summed E-state index contributed by atoms with van der Waals surface area (Å²) < 4.78 is 5.14. The van der Waals surface area contributed by atoms with E-state index in [1.807, 2.05) is 0 Å². The third kappa shape index (κ3) is 2.57. The summed E-state index contributed by atoms with van der Waals surface area (Å²) in [5.41, 5.74) is 6.23. The summed E-state index contributed by atoms with van der Waals surface area (Å²) in [6.45, 7) is 0.344. The number of hydrogen-bond acceptors (Lipinski definition) is 4. The lowest BCUT2D eigenvalue weighted by molar-refractivity contribution is 0.0698. The van der Waals surface area contributed by atoms with Gasteiger partial charge in [-0.1, -0.05) is 11.6 Å². The van der Waals surface area contributed by atoms with Crippen molar-refractivity contribution in [2.45, 2.75) is 6.54 Å². The normalized spacial score (nSPS) is 10.3. The number of nitrogen functional groups attached to an aromatic ring is 1. The zero-order chi connectivity index (χ0) is 13.1. The number of furan rings is 1. The molecule has 1 aromatic heterocycles. The highest BCUT2D eigenvalue weighted by molar-refractivity contribution is 6.34. The predicted octanol–water partition coefficient (Wildman–Crippen LogP) is 2.83. The summed E-state index contributed by atoms with van der Waals surface area (Å²) >= 11 is 5.98. The molecule has 0 spiro atoms. The van der Waals surface area contributed by atoms with E-state index in [-0.39, 0.29) is 10.6 Å². The van der Waals surface area contributed by atoms with Crippen LogP contribution in [0.2, 0.25) is 5.02 Å². The van der Waals surface area contributed by atoms with Gasteiger partial charge in [0, 0.05) is 5.69 Å². The molecule has 0 saturated carbocycles. The Hall–Kier alpha value is -2.14. The Kier molecular flexibility index (Phi) is 3.43. The van der Waals surface area contributed by atoms with Gasteiger partial charge in [0.1, 0.15) is 5.76 Å². The number of halogens is 1. The van der Waals surface area contributed by atoms with Gasteiger partial charge in [-0.15, -0.1) is 0 Å². The molecule has 0 amide bonds. The number of anilines is 2. The van der Waals surface area contributed by atoms with Crippen LogP contribution in [-0.4, -0.2) is 11.1 Å². The zero-order valence-corrected chi connectivity index (χ0v) is 10.1. The Morgan fingerprint density at radius 1 is 1.50 bits per heavy atom. The molecule has 1 heterocycles. The second-order valence-corrected chi connectivity index (χ2v) is 4.07. The number of carboxylic acids is 1. The molecule has 5 nitrogen and oxygen atoms in total. The SMILES string of the molecule is Nc1cc(Cl)c(NCc2ccco2)c(C(=O)O)c1. The van der Waals surface area contributed by atoms with Gasteiger partial charge in [-0.05, 0) is 24.3 Å². The van der Waals surface area contributed by atoms with Crippen molar-refractivity contribution >= 4 is 28.9 Å². The van der Waals surface area contributed by atoms with E-state index in [1.54, 1.807) is 18.4 Å². The highest BCUT2D eigenvalue weighted by Gasteiger charge is 2.14. The minimum absolute atomic E-state index is 0.0338. The highest BCUT2D eigenvalue weighted by Crippen LogP contribution is 2.29. The standard InChI is InChI=1S/C12H11ClN2O3/c13-10-5-7(14)4-9(12(16)17)11(10)15-6-8-2-1-3-18-8/h1-5,15H,6,14H2,(H,16,17). The van der Waals surface area contributed by atoms with Gasteiger partial charge >= 0.3 is 5.97 Å². The van der Waals surface area contributed by atoms with Gasteiger partial charge in [0.25, 0.3) is 0 Å². The molecule has 0 aliphatic heterocycles. The van der Waals surface area contributed by atoms with Crippen molar-refractivity contribution < 1.29 is 14.3 Å². The van der Waals surface area contributed by atoms with E-state index in [0.29, 0.717) is 23.7 Å². The fourth-order valence-electron chi connectivity index (χ4n) is 1.56. The van der Waals surface area contributed by atoms with Crippen LogP contribution >= 0.6 is 11.6 Å². The quantitative estimate of drug-likeness (QED) is 0.741. The number of rotatable bonds is 4. The Morgan fingerprint density at radius 2 is 2.28 bits per heavy atom. The van der Waals surface area contributed by atoms with Crippen LogP contribution in [0.3, 0.4) is 0 Å². The maximum absolute atomic E-state index is 11.1. The lowest BCUT2D eigenvalue weighted by Gasteiger charge is -2.11. The molecule has 18 heavy (non-hydrogen) atoms. The van der Waals surface area contributed by atoms with Crippen molar-refractivity contribution in [3.63, 3.8) is 0 Å². The number of carbonyl (C=O) groups is 1. The molecule has 4 N–H and O–H groups in total. The van der Waals surface area contributed by atoms with Crippen LogP contribution in [0.25, 0.3) is 0 Å². The first-order valence-electron chi connectivity index (χ1n) is 5.16. The van der Waals surface area contributed by atoms with Gasteiger partial charge in [0.15, 0.2) is 0 Å². The van der Waals surface area contributed by atoms with Crippen LogP contribution in [0.1, 0.15) is 16.1 Å². The molecule has 2 rings (SSSR count). The van der Waals surface area contributed by atoms with E-state index in [2.05, 4.69) is 5.32 Å². The van der Waals surface area contributed by atoms with E-state index < -0.39 is 5.97 Å². The molecule has 0 atom stereocenters. The molecule has 0 bridgehead atoms. The highest BCUT2D eigenvalue weighted by atomic mass is 35.5. The van der Waals surface area contributed by atoms with Crippen molar-refractivity contribution in [2.24, 2.45) is 0 Å². The molecular formula is C12H11ClN2O3. The third-order valence-corrected chi connectivity index (χ3v) is 2.66. The molecule has 0 fully saturated rings. The molecule has 6 heteroatoms. The third-order valence-electron chi connectivity index (χ3n) is 2.36.